The third kappa shape index (κ3) is 5.00. The predicted molar refractivity (Wildman–Crippen MR) is 123 cm³/mol. The van der Waals surface area contributed by atoms with Gasteiger partial charge in [-0.05, 0) is 41.7 Å². The number of aliphatic hydroxyl groups is 1. The van der Waals surface area contributed by atoms with Crippen LogP contribution in [0.15, 0.2) is 60.9 Å². The maximum atomic E-state index is 14.4. The Balaban J connectivity index is 1.59. The maximum Gasteiger partial charge on any atom is 0.185 e. The van der Waals surface area contributed by atoms with Crippen LogP contribution < -0.4 is 5.73 Å². The molecule has 0 saturated carbocycles. The van der Waals surface area contributed by atoms with Gasteiger partial charge in [0.1, 0.15) is 17.2 Å². The Kier molecular flexibility index (Phi) is 6.93. The third-order valence-electron chi connectivity index (χ3n) is 6.06. The Bertz CT molecular complexity index is 1120. The Morgan fingerprint density at radius 1 is 1.21 bits per heavy atom. The lowest BCUT2D eigenvalue weighted by atomic mass is 9.86. The zero-order valence-corrected chi connectivity index (χ0v) is 18.7. The minimum Gasteiger partial charge on any atom is -0.389 e. The van der Waals surface area contributed by atoms with Crippen molar-refractivity contribution in [2.24, 2.45) is 11.7 Å². The molecule has 3 N–H and O–H groups in total. The zero-order valence-electron chi connectivity index (χ0n) is 18.7. The van der Waals surface area contributed by atoms with Crippen LogP contribution in [0, 0.1) is 11.7 Å². The summed E-state index contributed by atoms with van der Waals surface area (Å²) in [5.41, 5.74) is 8.65. The van der Waals surface area contributed by atoms with Gasteiger partial charge < -0.3 is 15.6 Å². The fourth-order valence-electron chi connectivity index (χ4n) is 4.27. The van der Waals surface area contributed by atoms with Crippen LogP contribution in [0.2, 0.25) is 0 Å². The van der Waals surface area contributed by atoms with Gasteiger partial charge in [-0.1, -0.05) is 44.2 Å². The molecule has 1 fully saturated rings. The molecule has 1 aliphatic heterocycles. The number of halogens is 1. The van der Waals surface area contributed by atoms with E-state index in [-0.39, 0.29) is 35.6 Å². The highest BCUT2D eigenvalue weighted by Gasteiger charge is 2.38. The summed E-state index contributed by atoms with van der Waals surface area (Å²) in [5.74, 6) is -0.648. The molecule has 33 heavy (non-hydrogen) atoms. The van der Waals surface area contributed by atoms with E-state index in [1.165, 1.54) is 12.1 Å². The highest BCUT2D eigenvalue weighted by molar-refractivity contribution is 5.96. The summed E-state index contributed by atoms with van der Waals surface area (Å²) in [7, 11) is 0. The van der Waals surface area contributed by atoms with Crippen LogP contribution >= 0.6 is 0 Å². The van der Waals surface area contributed by atoms with Crippen LogP contribution in [-0.4, -0.2) is 39.1 Å². The summed E-state index contributed by atoms with van der Waals surface area (Å²) < 4.78 is 20.6. The van der Waals surface area contributed by atoms with Crippen LogP contribution in [0.5, 0.6) is 0 Å². The van der Waals surface area contributed by atoms with E-state index in [1.54, 1.807) is 36.7 Å². The number of ketones is 1. The molecule has 2 aromatic heterocycles. The second-order valence-corrected chi connectivity index (χ2v) is 8.79. The number of aliphatic hydroxyl groups excluding tert-OH is 1. The highest BCUT2D eigenvalue weighted by Crippen LogP contribution is 2.35. The molecule has 172 valence electrons. The van der Waals surface area contributed by atoms with Crippen LogP contribution in [0.3, 0.4) is 0 Å². The quantitative estimate of drug-likeness (QED) is 0.554. The van der Waals surface area contributed by atoms with E-state index in [4.69, 9.17) is 10.5 Å². The van der Waals surface area contributed by atoms with Crippen molar-refractivity contribution < 1.29 is 19.0 Å². The van der Waals surface area contributed by atoms with Crippen LogP contribution in [-0.2, 0) is 11.2 Å². The van der Waals surface area contributed by atoms with Crippen molar-refractivity contribution in [3.05, 3.63) is 83.6 Å². The number of carbonyl (C=O) groups is 1. The van der Waals surface area contributed by atoms with Crippen LogP contribution in [0.4, 0.5) is 4.39 Å². The van der Waals surface area contributed by atoms with Crippen molar-refractivity contribution >= 4 is 5.78 Å². The topological polar surface area (TPSA) is 98.3 Å². The van der Waals surface area contributed by atoms with E-state index in [0.29, 0.717) is 17.5 Å². The average molecular weight is 450 g/mol. The SMILES string of the molecule is CC(C)[C@H]1O[C@@H](c2ccncc2CC(=O)c2ccc(F)c(-c3ccccc3)n2)C[C@@H](N)[C@@H]1O. The van der Waals surface area contributed by atoms with Crippen molar-refractivity contribution in [1.29, 1.82) is 0 Å². The average Bonchev–Trinajstić information content (AvgIpc) is 2.81. The lowest BCUT2D eigenvalue weighted by Gasteiger charge is -2.40. The number of aromatic nitrogens is 2. The first-order valence-corrected chi connectivity index (χ1v) is 11.1. The van der Waals surface area contributed by atoms with Gasteiger partial charge in [-0.2, -0.15) is 0 Å². The van der Waals surface area contributed by atoms with Crippen molar-refractivity contribution in [3.8, 4) is 11.3 Å². The zero-order chi connectivity index (χ0) is 23.5. The smallest absolute Gasteiger partial charge is 0.185 e. The number of nitrogens with zero attached hydrogens (tertiary/aromatic N) is 2. The molecule has 0 radical (unpaired) electrons. The van der Waals surface area contributed by atoms with E-state index in [2.05, 4.69) is 9.97 Å². The molecule has 0 bridgehead atoms. The van der Waals surface area contributed by atoms with Gasteiger partial charge in [-0.25, -0.2) is 9.37 Å². The summed E-state index contributed by atoms with van der Waals surface area (Å²) in [5, 5.41) is 10.4. The standard InChI is InChI=1S/C26H28FN3O3/c1-15(2)26-25(32)20(28)13-23(33-26)18-10-11-29-14-17(18)12-22(31)21-9-8-19(27)24(30-21)16-6-4-3-5-7-16/h3-11,14-15,20,23,25-26,32H,12-13,28H2,1-2H3/t20-,23-,25+,26-/m1/s1. The Morgan fingerprint density at radius 3 is 2.70 bits per heavy atom. The minimum atomic E-state index is -0.743. The molecule has 3 aromatic rings. The Labute approximate surface area is 192 Å². The maximum absolute atomic E-state index is 14.4. The number of carbonyl (C=O) groups excluding carboxylic acids is 1. The van der Waals surface area contributed by atoms with Gasteiger partial charge in [0.05, 0.1) is 18.3 Å². The molecular weight excluding hydrogens is 421 g/mol. The molecular formula is C26H28FN3O3. The molecule has 0 amide bonds. The number of rotatable bonds is 6. The number of nitrogens with two attached hydrogens (primary N) is 1. The van der Waals surface area contributed by atoms with Crippen LogP contribution in [0.1, 0.15) is 48.0 Å². The first kappa shape index (κ1) is 23.2. The number of Topliss-reactive ketones (excluding diaryl/α,β-unsaturated/α-hetero) is 1. The van der Waals surface area contributed by atoms with E-state index in [9.17, 15) is 14.3 Å². The molecule has 1 aromatic carbocycles. The number of ether oxygens (including phenoxy) is 1. The minimum absolute atomic E-state index is 0.0417. The van der Waals surface area contributed by atoms with Gasteiger partial charge in [-0.15, -0.1) is 0 Å². The molecule has 6 nitrogen and oxygen atoms in total. The van der Waals surface area contributed by atoms with Gasteiger partial charge >= 0.3 is 0 Å². The first-order valence-electron chi connectivity index (χ1n) is 11.1. The van der Waals surface area contributed by atoms with Gasteiger partial charge in [-0.3, -0.25) is 9.78 Å². The van der Waals surface area contributed by atoms with E-state index < -0.39 is 24.1 Å². The molecule has 7 heteroatoms. The van der Waals surface area contributed by atoms with E-state index in [1.807, 2.05) is 26.0 Å². The lowest BCUT2D eigenvalue weighted by molar-refractivity contribution is -0.145. The number of hydrogen-bond donors (Lipinski definition) is 2. The lowest BCUT2D eigenvalue weighted by Crippen LogP contribution is -2.52. The van der Waals surface area contributed by atoms with Gasteiger partial charge in [0.25, 0.3) is 0 Å². The van der Waals surface area contributed by atoms with Crippen molar-refractivity contribution in [2.45, 2.75) is 51.0 Å². The summed E-state index contributed by atoms with van der Waals surface area (Å²) in [6, 6.07) is 13.0. The molecule has 0 spiro atoms. The fourth-order valence-corrected chi connectivity index (χ4v) is 4.27. The molecule has 1 saturated heterocycles. The third-order valence-corrected chi connectivity index (χ3v) is 6.06. The second kappa shape index (κ2) is 9.87. The summed E-state index contributed by atoms with van der Waals surface area (Å²) >= 11 is 0. The summed E-state index contributed by atoms with van der Waals surface area (Å²) in [6.45, 7) is 3.95. The number of pyridine rings is 2. The largest absolute Gasteiger partial charge is 0.389 e. The molecule has 3 heterocycles. The normalized spacial score (nSPS) is 23.0. The fraction of sp³-hybridized carbons (Fsp3) is 0.346. The van der Waals surface area contributed by atoms with Gasteiger partial charge in [0.2, 0.25) is 0 Å². The molecule has 0 aliphatic carbocycles. The molecule has 1 aliphatic rings. The van der Waals surface area contributed by atoms with Crippen molar-refractivity contribution in [2.75, 3.05) is 0 Å². The molecule has 0 unspecified atom stereocenters. The van der Waals surface area contributed by atoms with Gasteiger partial charge in [0.15, 0.2) is 5.78 Å². The second-order valence-electron chi connectivity index (χ2n) is 8.79. The first-order chi connectivity index (χ1) is 15.8. The highest BCUT2D eigenvalue weighted by atomic mass is 19.1. The predicted octanol–water partition coefficient (Wildman–Crippen LogP) is 3.88. The Morgan fingerprint density at radius 2 is 1.97 bits per heavy atom. The van der Waals surface area contributed by atoms with Gasteiger partial charge in [0, 0.05) is 30.4 Å². The molecule has 4 rings (SSSR count). The van der Waals surface area contributed by atoms with Crippen LogP contribution in [0.25, 0.3) is 11.3 Å². The number of benzene rings is 1. The molecule has 4 atom stereocenters. The summed E-state index contributed by atoms with van der Waals surface area (Å²) in [4.78, 5) is 21.6. The Hall–Kier alpha value is -3.00. The van der Waals surface area contributed by atoms with E-state index >= 15 is 0 Å². The van der Waals surface area contributed by atoms with Crippen molar-refractivity contribution in [1.82, 2.24) is 9.97 Å². The monoisotopic (exact) mass is 449 g/mol. The number of hydrogen-bond acceptors (Lipinski definition) is 6. The van der Waals surface area contributed by atoms with E-state index in [0.717, 1.165) is 5.56 Å². The summed E-state index contributed by atoms with van der Waals surface area (Å²) in [6.07, 6.45) is 2.26. The van der Waals surface area contributed by atoms with Crippen molar-refractivity contribution in [3.63, 3.8) is 0 Å².